The van der Waals surface area contributed by atoms with Gasteiger partial charge in [0.2, 0.25) is 5.95 Å². The van der Waals surface area contributed by atoms with Gasteiger partial charge in [-0.3, -0.25) is 19.2 Å². The summed E-state index contributed by atoms with van der Waals surface area (Å²) in [5.74, 6) is 1.48. The average molecular weight is 330 g/mol. The molecule has 1 aromatic heterocycles. The Balaban J connectivity index is 2.15. The van der Waals surface area contributed by atoms with E-state index in [-0.39, 0.29) is 5.56 Å². The van der Waals surface area contributed by atoms with Crippen molar-refractivity contribution in [3.05, 3.63) is 51.9 Å². The lowest BCUT2D eigenvalue weighted by atomic mass is 10.2. The van der Waals surface area contributed by atoms with Crippen LogP contribution in [0.5, 0.6) is 0 Å². The van der Waals surface area contributed by atoms with Crippen LogP contribution in [0.3, 0.4) is 0 Å². The molecule has 0 amide bonds. The van der Waals surface area contributed by atoms with Crippen LogP contribution < -0.4 is 10.5 Å². The minimum Gasteiger partial charge on any atom is -0.298 e. The Morgan fingerprint density at radius 1 is 1.22 bits per heavy atom. The molecule has 1 aliphatic heterocycles. The van der Waals surface area contributed by atoms with Gasteiger partial charge < -0.3 is 0 Å². The Morgan fingerprint density at radius 2 is 1.96 bits per heavy atom. The lowest BCUT2D eigenvalue weighted by Crippen LogP contribution is -2.48. The van der Waals surface area contributed by atoms with Crippen molar-refractivity contribution in [2.45, 2.75) is 26.9 Å². The molecule has 0 unspecified atom stereocenters. The van der Waals surface area contributed by atoms with Gasteiger partial charge in [0.15, 0.2) is 0 Å². The highest BCUT2D eigenvalue weighted by molar-refractivity contribution is 7.80. The van der Waals surface area contributed by atoms with Gasteiger partial charge in [-0.2, -0.15) is 12.6 Å². The van der Waals surface area contributed by atoms with Crippen LogP contribution in [0.15, 0.2) is 35.1 Å². The van der Waals surface area contributed by atoms with Crippen molar-refractivity contribution >= 4 is 24.3 Å². The molecular formula is C17H22N4OS. The van der Waals surface area contributed by atoms with Crippen molar-refractivity contribution in [1.29, 1.82) is 0 Å². The maximum Gasteiger partial charge on any atom is 0.259 e. The second kappa shape index (κ2) is 6.76. The summed E-state index contributed by atoms with van der Waals surface area (Å²) in [4.78, 5) is 21.9. The van der Waals surface area contributed by atoms with Gasteiger partial charge in [-0.15, -0.1) is 0 Å². The molecule has 23 heavy (non-hydrogen) atoms. The van der Waals surface area contributed by atoms with Crippen molar-refractivity contribution in [2.24, 2.45) is 0 Å². The predicted molar refractivity (Wildman–Crippen MR) is 96.6 cm³/mol. The van der Waals surface area contributed by atoms with Gasteiger partial charge in [0.1, 0.15) is 0 Å². The van der Waals surface area contributed by atoms with Gasteiger partial charge in [0.25, 0.3) is 5.56 Å². The van der Waals surface area contributed by atoms with Crippen LogP contribution in [0.4, 0.5) is 11.6 Å². The molecule has 1 aliphatic rings. The molecule has 0 fully saturated rings. The lowest BCUT2D eigenvalue weighted by molar-refractivity contribution is 0.210. The van der Waals surface area contributed by atoms with Gasteiger partial charge in [-0.05, 0) is 25.5 Å². The minimum atomic E-state index is 0.0693. The van der Waals surface area contributed by atoms with E-state index in [2.05, 4.69) is 22.4 Å². The smallest absolute Gasteiger partial charge is 0.259 e. The standard InChI is InChI=1S/C17H22N4OS/c1-3-15-13(2)18-17-20(14-7-5-4-6-8-14)11-19(9-10-23)12-21(17)16(15)22/h4-8,23H,3,9-12H2,1-2H3. The van der Waals surface area contributed by atoms with Crippen LogP contribution in [0, 0.1) is 6.92 Å². The van der Waals surface area contributed by atoms with Crippen LogP contribution >= 0.6 is 12.6 Å². The SMILES string of the molecule is CCc1c(C)nc2n(c1=O)CN(CCS)CN2c1ccccc1. The summed E-state index contributed by atoms with van der Waals surface area (Å²) in [6, 6.07) is 10.1. The molecule has 0 aliphatic carbocycles. The number of fused-ring (bicyclic) bond motifs is 1. The van der Waals surface area contributed by atoms with Crippen LogP contribution in [-0.2, 0) is 13.1 Å². The second-order valence-corrected chi connectivity index (χ2v) is 6.17. The maximum absolute atomic E-state index is 12.8. The molecule has 3 rings (SSSR count). The highest BCUT2D eigenvalue weighted by atomic mass is 32.1. The number of nitrogens with zero attached hydrogens (tertiary/aromatic N) is 4. The molecule has 0 saturated heterocycles. The lowest BCUT2D eigenvalue weighted by Gasteiger charge is -2.38. The van der Waals surface area contributed by atoms with Crippen molar-refractivity contribution < 1.29 is 0 Å². The van der Waals surface area contributed by atoms with Crippen molar-refractivity contribution in [2.75, 3.05) is 23.9 Å². The summed E-state index contributed by atoms with van der Waals surface area (Å²) in [5.41, 5.74) is 2.74. The number of aryl methyl sites for hydroxylation is 1. The summed E-state index contributed by atoms with van der Waals surface area (Å²) in [5, 5.41) is 0. The van der Waals surface area contributed by atoms with Gasteiger partial charge in [0.05, 0.1) is 13.3 Å². The predicted octanol–water partition coefficient (Wildman–Crippen LogP) is 2.41. The number of hydrogen-bond acceptors (Lipinski definition) is 5. The summed E-state index contributed by atoms with van der Waals surface area (Å²) >= 11 is 4.34. The van der Waals surface area contributed by atoms with Crippen LogP contribution in [0.1, 0.15) is 18.2 Å². The van der Waals surface area contributed by atoms with Crippen LogP contribution in [0.2, 0.25) is 0 Å². The zero-order chi connectivity index (χ0) is 16.4. The van der Waals surface area contributed by atoms with E-state index in [4.69, 9.17) is 4.98 Å². The highest BCUT2D eigenvalue weighted by Gasteiger charge is 2.27. The summed E-state index contributed by atoms with van der Waals surface area (Å²) < 4.78 is 1.78. The Hall–Kier alpha value is -1.79. The number of rotatable bonds is 4. The zero-order valence-electron chi connectivity index (χ0n) is 13.6. The normalized spacial score (nSPS) is 14.8. The molecule has 2 heterocycles. The average Bonchev–Trinajstić information content (AvgIpc) is 2.56. The van der Waals surface area contributed by atoms with Crippen molar-refractivity contribution in [3.63, 3.8) is 0 Å². The fourth-order valence-electron chi connectivity index (χ4n) is 3.02. The van der Waals surface area contributed by atoms with Crippen LogP contribution in [0.25, 0.3) is 0 Å². The molecule has 1 aromatic carbocycles. The first-order valence-electron chi connectivity index (χ1n) is 7.91. The number of anilines is 2. The number of aromatic nitrogens is 2. The third kappa shape index (κ3) is 3.01. The van der Waals surface area contributed by atoms with E-state index in [9.17, 15) is 4.79 Å². The molecule has 5 nitrogen and oxygen atoms in total. The largest absolute Gasteiger partial charge is 0.298 e. The quantitative estimate of drug-likeness (QED) is 0.874. The fourth-order valence-corrected chi connectivity index (χ4v) is 3.31. The molecule has 0 saturated carbocycles. The Kier molecular flexibility index (Phi) is 4.73. The minimum absolute atomic E-state index is 0.0693. The van der Waals surface area contributed by atoms with E-state index < -0.39 is 0 Å². The molecule has 0 N–H and O–H groups in total. The third-order valence-electron chi connectivity index (χ3n) is 4.21. The van der Waals surface area contributed by atoms with Gasteiger partial charge >= 0.3 is 0 Å². The van der Waals surface area contributed by atoms with E-state index in [1.54, 1.807) is 4.57 Å². The monoisotopic (exact) mass is 330 g/mol. The first-order valence-corrected chi connectivity index (χ1v) is 8.55. The summed E-state index contributed by atoms with van der Waals surface area (Å²) in [7, 11) is 0. The van der Waals surface area contributed by atoms with E-state index in [0.29, 0.717) is 19.8 Å². The van der Waals surface area contributed by atoms with Crippen molar-refractivity contribution in [3.8, 4) is 0 Å². The number of para-hydroxylation sites is 1. The van der Waals surface area contributed by atoms with Crippen molar-refractivity contribution in [1.82, 2.24) is 14.5 Å². The number of benzene rings is 1. The Morgan fingerprint density at radius 3 is 2.61 bits per heavy atom. The van der Waals surface area contributed by atoms with E-state index in [0.717, 1.165) is 35.2 Å². The molecule has 6 heteroatoms. The molecule has 0 atom stereocenters. The molecule has 122 valence electrons. The van der Waals surface area contributed by atoms with Crippen LogP contribution in [-0.4, -0.2) is 33.4 Å². The molecule has 0 bridgehead atoms. The molecule has 0 radical (unpaired) electrons. The molecule has 0 spiro atoms. The molecular weight excluding hydrogens is 308 g/mol. The topological polar surface area (TPSA) is 41.4 Å². The first-order chi connectivity index (χ1) is 11.2. The number of thiol groups is 1. The third-order valence-corrected chi connectivity index (χ3v) is 4.41. The fraction of sp³-hybridized carbons (Fsp3) is 0.412. The second-order valence-electron chi connectivity index (χ2n) is 5.73. The van der Waals surface area contributed by atoms with E-state index in [1.807, 2.05) is 44.2 Å². The molecule has 2 aromatic rings. The van der Waals surface area contributed by atoms with Gasteiger partial charge in [-0.1, -0.05) is 25.1 Å². The highest BCUT2D eigenvalue weighted by Crippen LogP contribution is 2.27. The Bertz CT molecular complexity index is 744. The zero-order valence-corrected chi connectivity index (χ0v) is 14.5. The van der Waals surface area contributed by atoms with Gasteiger partial charge in [0, 0.05) is 29.2 Å². The number of hydrogen-bond donors (Lipinski definition) is 1. The first kappa shape index (κ1) is 16.1. The summed E-state index contributed by atoms with van der Waals surface area (Å²) in [6.07, 6.45) is 0.704. The maximum atomic E-state index is 12.8. The van der Waals surface area contributed by atoms with E-state index in [1.165, 1.54) is 0 Å². The Labute approximate surface area is 142 Å². The summed E-state index contributed by atoms with van der Waals surface area (Å²) in [6.45, 7) is 6.03. The van der Waals surface area contributed by atoms with Gasteiger partial charge in [-0.25, -0.2) is 4.98 Å². The van der Waals surface area contributed by atoms with E-state index >= 15 is 0 Å².